The van der Waals surface area contributed by atoms with Gasteiger partial charge < -0.3 is 9.32 Å². The summed E-state index contributed by atoms with van der Waals surface area (Å²) in [5.41, 5.74) is 12.4. The molecule has 13 rings (SSSR count). The highest BCUT2D eigenvalue weighted by Gasteiger charge is 2.19. The quantitative estimate of drug-likeness (QED) is 0.149. The third kappa shape index (κ3) is 6.25. The van der Waals surface area contributed by atoms with Crippen molar-refractivity contribution in [2.24, 2.45) is 0 Å². The number of fused-ring (bicyclic) bond motifs is 11. The monoisotopic (exact) mass is 827 g/mol. The summed E-state index contributed by atoms with van der Waals surface area (Å²) in [5.74, 6) is 0. The first-order chi connectivity index (χ1) is 32.2. The van der Waals surface area contributed by atoms with E-state index in [9.17, 15) is 0 Å². The second-order valence-electron chi connectivity index (χ2n) is 17.2. The van der Waals surface area contributed by atoms with E-state index >= 15 is 0 Å². The van der Waals surface area contributed by atoms with Gasteiger partial charge in [-0.15, -0.1) is 0 Å². The minimum Gasteiger partial charge on any atom is -0.455 e. The molecule has 0 radical (unpaired) electrons. The van der Waals surface area contributed by atoms with Crippen molar-refractivity contribution < 1.29 is 4.42 Å². The highest BCUT2D eigenvalue weighted by Crippen LogP contribution is 2.42. The zero-order valence-electron chi connectivity index (χ0n) is 35.6. The van der Waals surface area contributed by atoms with Gasteiger partial charge in [0.2, 0.25) is 0 Å². The fraction of sp³-hybridized carbons (Fsp3) is 0.0159. The van der Waals surface area contributed by atoms with E-state index < -0.39 is 0 Å². The molecule has 1 heterocycles. The Labute approximate surface area is 376 Å². The van der Waals surface area contributed by atoms with Crippen LogP contribution < -0.4 is 4.90 Å². The lowest BCUT2D eigenvalue weighted by Crippen LogP contribution is -2.17. The summed E-state index contributed by atoms with van der Waals surface area (Å²) in [5, 5.41) is 14.7. The topological polar surface area (TPSA) is 16.4 Å². The van der Waals surface area contributed by atoms with Crippen LogP contribution in [0.25, 0.3) is 109 Å². The Bertz CT molecular complexity index is 3970. The largest absolute Gasteiger partial charge is 0.455 e. The Morgan fingerprint density at radius 1 is 0.277 bits per heavy atom. The maximum atomic E-state index is 6.88. The molecule has 0 aliphatic carbocycles. The van der Waals surface area contributed by atoms with E-state index in [1.165, 1.54) is 76.3 Å². The second-order valence-corrected chi connectivity index (χ2v) is 17.2. The highest BCUT2D eigenvalue weighted by atomic mass is 16.3. The molecule has 0 amide bonds. The van der Waals surface area contributed by atoms with Crippen LogP contribution in [-0.2, 0) is 6.54 Å². The number of nitrogens with zero attached hydrogens (tertiary/aromatic N) is 1. The van der Waals surface area contributed by atoms with E-state index in [1.54, 1.807) is 0 Å². The number of rotatable bonds is 7. The summed E-state index contributed by atoms with van der Waals surface area (Å²) in [4.78, 5) is 2.45. The second kappa shape index (κ2) is 15.1. The zero-order valence-corrected chi connectivity index (χ0v) is 35.6. The van der Waals surface area contributed by atoms with Crippen molar-refractivity contribution in [2.45, 2.75) is 6.54 Å². The average Bonchev–Trinajstić information content (AvgIpc) is 3.78. The van der Waals surface area contributed by atoms with Crippen molar-refractivity contribution >= 4 is 87.2 Å². The van der Waals surface area contributed by atoms with Gasteiger partial charge in [0.1, 0.15) is 11.2 Å². The molecule has 0 aliphatic heterocycles. The van der Waals surface area contributed by atoms with E-state index in [2.05, 4.69) is 241 Å². The summed E-state index contributed by atoms with van der Waals surface area (Å²) in [7, 11) is 0. The van der Waals surface area contributed by atoms with E-state index in [4.69, 9.17) is 4.42 Å². The van der Waals surface area contributed by atoms with Gasteiger partial charge in [-0.25, -0.2) is 0 Å². The third-order valence-electron chi connectivity index (χ3n) is 13.5. The molecule has 0 saturated heterocycles. The van der Waals surface area contributed by atoms with Gasteiger partial charge in [0.15, 0.2) is 0 Å². The summed E-state index contributed by atoms with van der Waals surface area (Å²) >= 11 is 0. The van der Waals surface area contributed by atoms with Crippen LogP contribution in [0.15, 0.2) is 241 Å². The Morgan fingerprint density at radius 3 is 1.55 bits per heavy atom. The lowest BCUT2D eigenvalue weighted by molar-refractivity contribution is 0.673. The fourth-order valence-electron chi connectivity index (χ4n) is 10.3. The number of anilines is 2. The molecule has 13 aromatic rings. The average molecular weight is 828 g/mol. The molecule has 0 spiro atoms. The maximum absolute atomic E-state index is 6.88. The maximum Gasteiger partial charge on any atom is 0.143 e. The van der Waals surface area contributed by atoms with Crippen LogP contribution in [0.5, 0.6) is 0 Å². The molecule has 0 fully saturated rings. The van der Waals surface area contributed by atoms with Gasteiger partial charge in [-0.3, -0.25) is 0 Å². The number of para-hydroxylation sites is 1. The smallest absolute Gasteiger partial charge is 0.143 e. The van der Waals surface area contributed by atoms with Crippen molar-refractivity contribution in [3.8, 4) is 33.4 Å². The normalized spacial score (nSPS) is 11.8. The van der Waals surface area contributed by atoms with E-state index in [0.29, 0.717) is 6.54 Å². The molecule has 12 aromatic carbocycles. The molecule has 0 saturated carbocycles. The Kier molecular flexibility index (Phi) is 8.63. The first kappa shape index (κ1) is 37.1. The van der Waals surface area contributed by atoms with Crippen molar-refractivity contribution in [1.29, 1.82) is 0 Å². The minimum atomic E-state index is 0.649. The van der Waals surface area contributed by atoms with Crippen LogP contribution in [0.2, 0.25) is 0 Å². The number of hydrogen-bond acceptors (Lipinski definition) is 2. The van der Waals surface area contributed by atoms with Crippen LogP contribution in [0.3, 0.4) is 0 Å². The lowest BCUT2D eigenvalue weighted by Gasteiger charge is -2.27. The van der Waals surface area contributed by atoms with Crippen molar-refractivity contribution in [3.63, 3.8) is 0 Å². The minimum absolute atomic E-state index is 0.649. The van der Waals surface area contributed by atoms with E-state index in [1.807, 2.05) is 0 Å². The van der Waals surface area contributed by atoms with Gasteiger partial charge in [-0.05, 0) is 124 Å². The molecule has 1 aromatic heterocycles. The Hall–Kier alpha value is -8.46. The van der Waals surface area contributed by atoms with E-state index in [0.717, 1.165) is 49.8 Å². The lowest BCUT2D eigenvalue weighted by atomic mass is 9.93. The molecule has 2 heteroatoms. The molecule has 0 atom stereocenters. The Morgan fingerprint density at radius 2 is 0.769 bits per heavy atom. The summed E-state index contributed by atoms with van der Waals surface area (Å²) < 4.78 is 6.88. The molecule has 0 unspecified atom stereocenters. The van der Waals surface area contributed by atoms with Gasteiger partial charge in [0, 0.05) is 39.6 Å². The van der Waals surface area contributed by atoms with Gasteiger partial charge in [0.25, 0.3) is 0 Å². The highest BCUT2D eigenvalue weighted by molar-refractivity contribution is 6.17. The van der Waals surface area contributed by atoms with Crippen LogP contribution in [-0.4, -0.2) is 0 Å². The predicted molar refractivity (Wildman–Crippen MR) is 276 cm³/mol. The number of hydrogen-bond donors (Lipinski definition) is 0. The third-order valence-corrected chi connectivity index (χ3v) is 13.5. The fourth-order valence-corrected chi connectivity index (χ4v) is 10.3. The molecular formula is C63H41NO. The molecule has 0 bridgehead atoms. The van der Waals surface area contributed by atoms with Crippen molar-refractivity contribution in [3.05, 3.63) is 242 Å². The Balaban J connectivity index is 0.923. The van der Waals surface area contributed by atoms with Gasteiger partial charge >= 0.3 is 0 Å². The molecule has 2 nitrogen and oxygen atoms in total. The van der Waals surface area contributed by atoms with Crippen molar-refractivity contribution in [1.82, 2.24) is 0 Å². The molecule has 65 heavy (non-hydrogen) atoms. The first-order valence-electron chi connectivity index (χ1n) is 22.4. The molecular weight excluding hydrogens is 787 g/mol. The zero-order chi connectivity index (χ0) is 42.8. The van der Waals surface area contributed by atoms with Crippen LogP contribution in [0.4, 0.5) is 11.4 Å². The number of benzene rings is 12. The molecule has 0 aliphatic rings. The first-order valence-corrected chi connectivity index (χ1v) is 22.4. The number of furan rings is 1. The predicted octanol–water partition coefficient (Wildman–Crippen LogP) is 17.7. The van der Waals surface area contributed by atoms with Crippen LogP contribution in [0, 0.1) is 0 Å². The standard InChI is InChI=1S/C63H41NO/c1-5-16-51-42(12-1)24-25-47-38-45(31-36-54(47)51)41-26-32-49(33-27-41)64(50-34-28-44(29-35-50)61-39-46-14-3-6-17-52(46)56-20-9-10-21-57(56)61)40-48-15-4-7-18-53(48)58-22-11-23-59-60-37-30-43-13-2-8-19-55(43)62(60)65-63(58)59/h1-39H,40H2. The molecule has 0 N–H and O–H groups in total. The molecule has 304 valence electrons. The van der Waals surface area contributed by atoms with Crippen molar-refractivity contribution in [2.75, 3.05) is 4.90 Å². The van der Waals surface area contributed by atoms with Gasteiger partial charge in [-0.1, -0.05) is 194 Å². The summed E-state index contributed by atoms with van der Waals surface area (Å²) in [6.07, 6.45) is 0. The van der Waals surface area contributed by atoms with Crippen LogP contribution >= 0.6 is 0 Å². The van der Waals surface area contributed by atoms with Gasteiger partial charge in [0.05, 0.1) is 0 Å². The summed E-state index contributed by atoms with van der Waals surface area (Å²) in [6.45, 7) is 0.649. The van der Waals surface area contributed by atoms with Crippen LogP contribution in [0.1, 0.15) is 5.56 Å². The van der Waals surface area contributed by atoms with Gasteiger partial charge in [-0.2, -0.15) is 0 Å². The van der Waals surface area contributed by atoms with E-state index in [-0.39, 0.29) is 0 Å². The summed E-state index contributed by atoms with van der Waals surface area (Å²) in [6, 6.07) is 86.3. The SMILES string of the molecule is c1ccc(-c2cccc3c2oc2c4ccccc4ccc32)c(CN(c2ccc(-c3ccc4c(ccc5ccccc54)c3)cc2)c2ccc(-c3cc4ccccc4c4ccccc34)cc2)c1.